The largest absolute Gasteiger partial charge is 0.493 e. The molecule has 6 nitrogen and oxygen atoms in total. The molecular formula is C25H28ClN3O3S. The van der Waals surface area contributed by atoms with E-state index in [1.807, 2.05) is 48.5 Å². The maximum absolute atomic E-state index is 13.0. The van der Waals surface area contributed by atoms with Crippen molar-refractivity contribution >= 4 is 46.3 Å². The van der Waals surface area contributed by atoms with Crippen LogP contribution in [0, 0.1) is 0 Å². The summed E-state index contributed by atoms with van der Waals surface area (Å²) in [6.45, 7) is 6.21. The van der Waals surface area contributed by atoms with E-state index in [0.717, 1.165) is 72.8 Å². The zero-order chi connectivity index (χ0) is 23.2. The van der Waals surface area contributed by atoms with Crippen LogP contribution in [0.25, 0.3) is 6.08 Å². The Morgan fingerprint density at radius 2 is 1.85 bits per heavy atom. The fraction of sp³-hybridized carbons (Fsp3) is 0.360. The van der Waals surface area contributed by atoms with Crippen molar-refractivity contribution in [2.45, 2.75) is 19.8 Å². The van der Waals surface area contributed by atoms with Crippen molar-refractivity contribution in [3.63, 3.8) is 0 Å². The van der Waals surface area contributed by atoms with Gasteiger partial charge in [0.05, 0.1) is 18.2 Å². The summed E-state index contributed by atoms with van der Waals surface area (Å²) in [4.78, 5) is 31.8. The lowest BCUT2D eigenvalue weighted by atomic mass is 10.2. The number of para-hydroxylation sites is 1. The van der Waals surface area contributed by atoms with Gasteiger partial charge in [0.2, 0.25) is 0 Å². The SMILES string of the molecule is CCCCOc1ccccc1C=C1SC(=O)N(CN2CCN(c3cccc(Cl)c3)CC2)C1=O. The Kier molecular flexibility index (Phi) is 7.96. The molecule has 0 saturated carbocycles. The molecule has 2 aromatic carbocycles. The van der Waals surface area contributed by atoms with Crippen LogP contribution < -0.4 is 9.64 Å². The normalized spacial score (nSPS) is 18.4. The average molecular weight is 486 g/mol. The minimum Gasteiger partial charge on any atom is -0.493 e. The molecule has 0 bridgehead atoms. The van der Waals surface area contributed by atoms with Crippen LogP contribution in [0.4, 0.5) is 10.5 Å². The van der Waals surface area contributed by atoms with Gasteiger partial charge in [0.15, 0.2) is 0 Å². The monoisotopic (exact) mass is 485 g/mol. The Labute approximate surface area is 204 Å². The summed E-state index contributed by atoms with van der Waals surface area (Å²) in [7, 11) is 0. The van der Waals surface area contributed by atoms with Gasteiger partial charge >= 0.3 is 0 Å². The second kappa shape index (κ2) is 11.1. The summed E-state index contributed by atoms with van der Waals surface area (Å²) in [5.74, 6) is 0.487. The number of imide groups is 1. The molecule has 2 fully saturated rings. The third kappa shape index (κ3) is 5.91. The number of thioether (sulfide) groups is 1. The van der Waals surface area contributed by atoms with Gasteiger partial charge in [0.1, 0.15) is 5.75 Å². The summed E-state index contributed by atoms with van der Waals surface area (Å²) in [6, 6.07) is 15.4. The molecule has 8 heteroatoms. The van der Waals surface area contributed by atoms with Crippen molar-refractivity contribution in [1.82, 2.24) is 9.80 Å². The van der Waals surface area contributed by atoms with Crippen molar-refractivity contribution in [2.75, 3.05) is 44.4 Å². The van der Waals surface area contributed by atoms with Crippen LogP contribution in [0.3, 0.4) is 0 Å². The Hall–Kier alpha value is -2.48. The van der Waals surface area contributed by atoms with Crippen LogP contribution in [0.2, 0.25) is 5.02 Å². The maximum atomic E-state index is 13.0. The second-order valence-electron chi connectivity index (χ2n) is 8.08. The lowest BCUT2D eigenvalue weighted by Crippen LogP contribution is -2.50. The van der Waals surface area contributed by atoms with Crippen LogP contribution in [0.5, 0.6) is 5.75 Å². The number of hydrogen-bond donors (Lipinski definition) is 0. The fourth-order valence-corrected chi connectivity index (χ4v) is 4.85. The van der Waals surface area contributed by atoms with E-state index in [2.05, 4.69) is 16.7 Å². The van der Waals surface area contributed by atoms with Crippen molar-refractivity contribution in [3.8, 4) is 5.75 Å². The highest BCUT2D eigenvalue weighted by molar-refractivity contribution is 8.18. The number of halogens is 1. The number of hydrogen-bond acceptors (Lipinski definition) is 6. The van der Waals surface area contributed by atoms with Crippen LogP contribution >= 0.6 is 23.4 Å². The van der Waals surface area contributed by atoms with Crippen molar-refractivity contribution < 1.29 is 14.3 Å². The first-order chi connectivity index (χ1) is 16.0. The first-order valence-corrected chi connectivity index (χ1v) is 12.4. The fourth-order valence-electron chi connectivity index (χ4n) is 3.84. The lowest BCUT2D eigenvalue weighted by molar-refractivity contribution is -0.124. The smallest absolute Gasteiger partial charge is 0.294 e. The van der Waals surface area contributed by atoms with Gasteiger partial charge in [0.25, 0.3) is 11.1 Å². The summed E-state index contributed by atoms with van der Waals surface area (Å²) in [6.07, 6.45) is 3.78. The molecule has 0 spiro atoms. The molecular weight excluding hydrogens is 458 g/mol. The van der Waals surface area contributed by atoms with E-state index in [4.69, 9.17) is 16.3 Å². The van der Waals surface area contributed by atoms with E-state index < -0.39 is 0 Å². The molecule has 0 radical (unpaired) electrons. The first-order valence-electron chi connectivity index (χ1n) is 11.2. The van der Waals surface area contributed by atoms with Gasteiger partial charge in [-0.3, -0.25) is 19.4 Å². The van der Waals surface area contributed by atoms with E-state index >= 15 is 0 Å². The number of rotatable bonds is 8. The minimum absolute atomic E-state index is 0.229. The minimum atomic E-state index is -0.245. The lowest BCUT2D eigenvalue weighted by Gasteiger charge is -2.37. The van der Waals surface area contributed by atoms with Crippen molar-refractivity contribution in [3.05, 3.63) is 64.0 Å². The number of carbonyl (C=O) groups is 2. The van der Waals surface area contributed by atoms with Gasteiger partial charge in [-0.25, -0.2) is 0 Å². The molecule has 0 aliphatic carbocycles. The topological polar surface area (TPSA) is 53.1 Å². The molecule has 0 N–H and O–H groups in total. The molecule has 0 atom stereocenters. The number of amides is 2. The summed E-state index contributed by atoms with van der Waals surface area (Å²) < 4.78 is 5.87. The molecule has 2 aromatic rings. The van der Waals surface area contributed by atoms with Crippen LogP contribution in [0.1, 0.15) is 25.3 Å². The zero-order valence-corrected chi connectivity index (χ0v) is 20.3. The van der Waals surface area contributed by atoms with E-state index in [0.29, 0.717) is 18.2 Å². The average Bonchev–Trinajstić information content (AvgIpc) is 3.08. The second-order valence-corrected chi connectivity index (χ2v) is 9.51. The molecule has 2 heterocycles. The Bertz CT molecular complexity index is 1040. The molecule has 2 amide bonds. The number of nitrogens with zero attached hydrogens (tertiary/aromatic N) is 3. The molecule has 2 saturated heterocycles. The summed E-state index contributed by atoms with van der Waals surface area (Å²) in [5.41, 5.74) is 1.91. The van der Waals surface area contributed by atoms with Crippen LogP contribution in [-0.4, -0.2) is 60.4 Å². The highest BCUT2D eigenvalue weighted by Gasteiger charge is 2.36. The number of carbonyl (C=O) groups excluding carboxylic acids is 2. The maximum Gasteiger partial charge on any atom is 0.294 e. The highest BCUT2D eigenvalue weighted by Crippen LogP contribution is 2.34. The van der Waals surface area contributed by atoms with Crippen molar-refractivity contribution in [1.29, 1.82) is 0 Å². The number of benzene rings is 2. The zero-order valence-electron chi connectivity index (χ0n) is 18.7. The number of piperazine rings is 1. The highest BCUT2D eigenvalue weighted by atomic mass is 35.5. The predicted octanol–water partition coefficient (Wildman–Crippen LogP) is 5.33. The van der Waals surface area contributed by atoms with E-state index in [-0.39, 0.29) is 11.1 Å². The third-order valence-corrected chi connectivity index (χ3v) is 6.86. The standard InChI is InChI=1S/C25H28ClN3O3S/c1-2-3-15-32-22-10-5-4-7-19(22)16-23-24(30)29(25(31)33-23)18-27-11-13-28(14-12-27)21-9-6-8-20(26)17-21/h4-10,16-17H,2-3,11-15,18H2,1H3. The van der Waals surface area contributed by atoms with Gasteiger partial charge in [-0.1, -0.05) is 49.2 Å². The van der Waals surface area contributed by atoms with Gasteiger partial charge in [-0.2, -0.15) is 0 Å². The Morgan fingerprint density at radius 1 is 1.06 bits per heavy atom. The number of unbranched alkanes of at least 4 members (excludes halogenated alkanes) is 1. The molecule has 2 aliphatic heterocycles. The Balaban J connectivity index is 1.37. The molecule has 4 rings (SSSR count). The first kappa shape index (κ1) is 23.7. The number of anilines is 1. The van der Waals surface area contributed by atoms with Gasteiger partial charge < -0.3 is 9.64 Å². The predicted molar refractivity (Wildman–Crippen MR) is 135 cm³/mol. The third-order valence-electron chi connectivity index (χ3n) is 5.72. The van der Waals surface area contributed by atoms with E-state index in [9.17, 15) is 9.59 Å². The Morgan fingerprint density at radius 3 is 2.61 bits per heavy atom. The molecule has 2 aliphatic rings. The van der Waals surface area contributed by atoms with Gasteiger partial charge in [-0.05, 0) is 48.5 Å². The summed E-state index contributed by atoms with van der Waals surface area (Å²) in [5, 5.41) is 0.491. The quantitative estimate of drug-likeness (QED) is 0.372. The number of ether oxygens (including phenoxy) is 1. The van der Waals surface area contributed by atoms with Crippen LogP contribution in [0.15, 0.2) is 53.4 Å². The summed E-state index contributed by atoms with van der Waals surface area (Å²) >= 11 is 7.11. The molecule has 0 unspecified atom stereocenters. The molecule has 33 heavy (non-hydrogen) atoms. The van der Waals surface area contributed by atoms with Crippen molar-refractivity contribution in [2.24, 2.45) is 0 Å². The van der Waals surface area contributed by atoms with Crippen LogP contribution in [-0.2, 0) is 4.79 Å². The van der Waals surface area contributed by atoms with Gasteiger partial charge in [-0.15, -0.1) is 0 Å². The van der Waals surface area contributed by atoms with E-state index in [1.165, 1.54) is 4.90 Å². The van der Waals surface area contributed by atoms with E-state index in [1.54, 1.807) is 6.08 Å². The molecule has 174 valence electrons. The molecule has 0 aromatic heterocycles. The van der Waals surface area contributed by atoms with Gasteiger partial charge in [0, 0.05) is 42.5 Å².